The van der Waals surface area contributed by atoms with Crippen LogP contribution in [0.5, 0.6) is 0 Å². The highest BCUT2D eigenvalue weighted by molar-refractivity contribution is 5.47. The first-order valence-corrected chi connectivity index (χ1v) is 6.52. The standard InChI is InChI=1S/C13H22N4/c1-4-11-16-12(14-3)7-13(17-11)15-8-9(2)10-5-6-10/h7,9-10H,4-6,8H2,1-3H3,(H2,14,15,16,17). The minimum absolute atomic E-state index is 0.744. The zero-order valence-electron chi connectivity index (χ0n) is 11.0. The molecule has 0 amide bonds. The van der Waals surface area contributed by atoms with Crippen molar-refractivity contribution in [1.82, 2.24) is 9.97 Å². The normalized spacial score (nSPS) is 16.6. The lowest BCUT2D eigenvalue weighted by Crippen LogP contribution is -2.14. The van der Waals surface area contributed by atoms with Gasteiger partial charge >= 0.3 is 0 Å². The van der Waals surface area contributed by atoms with Gasteiger partial charge in [0.25, 0.3) is 0 Å². The summed E-state index contributed by atoms with van der Waals surface area (Å²) in [5, 5.41) is 6.50. The highest BCUT2D eigenvalue weighted by atomic mass is 15.1. The molecule has 0 radical (unpaired) electrons. The van der Waals surface area contributed by atoms with Gasteiger partial charge in [0.05, 0.1) is 0 Å². The maximum Gasteiger partial charge on any atom is 0.132 e. The Morgan fingerprint density at radius 1 is 1.35 bits per heavy atom. The number of aromatic nitrogens is 2. The average Bonchev–Trinajstić information content (AvgIpc) is 3.19. The van der Waals surface area contributed by atoms with Gasteiger partial charge in [0, 0.05) is 26.1 Å². The van der Waals surface area contributed by atoms with E-state index >= 15 is 0 Å². The molecule has 94 valence electrons. The zero-order chi connectivity index (χ0) is 12.3. The Kier molecular flexibility index (Phi) is 3.82. The Labute approximate surface area is 103 Å². The Morgan fingerprint density at radius 3 is 2.65 bits per heavy atom. The summed E-state index contributed by atoms with van der Waals surface area (Å²) >= 11 is 0. The summed E-state index contributed by atoms with van der Waals surface area (Å²) in [6.07, 6.45) is 3.66. The molecule has 17 heavy (non-hydrogen) atoms. The lowest BCUT2D eigenvalue weighted by Gasteiger charge is -2.13. The van der Waals surface area contributed by atoms with E-state index in [1.165, 1.54) is 12.8 Å². The second-order valence-electron chi connectivity index (χ2n) is 4.85. The predicted molar refractivity (Wildman–Crippen MR) is 71.3 cm³/mol. The molecule has 1 aromatic heterocycles. The molecule has 1 unspecified atom stereocenters. The molecular weight excluding hydrogens is 212 g/mol. The van der Waals surface area contributed by atoms with E-state index in [0.29, 0.717) is 0 Å². The summed E-state index contributed by atoms with van der Waals surface area (Å²) in [6.45, 7) is 5.39. The van der Waals surface area contributed by atoms with Crippen molar-refractivity contribution in [3.05, 3.63) is 11.9 Å². The third kappa shape index (κ3) is 3.32. The second kappa shape index (κ2) is 5.34. The van der Waals surface area contributed by atoms with Gasteiger partial charge in [0.1, 0.15) is 17.5 Å². The summed E-state index contributed by atoms with van der Waals surface area (Å²) in [7, 11) is 1.89. The van der Waals surface area contributed by atoms with E-state index in [2.05, 4.69) is 34.4 Å². The van der Waals surface area contributed by atoms with Gasteiger partial charge in [-0.05, 0) is 24.7 Å². The first-order chi connectivity index (χ1) is 8.22. The topological polar surface area (TPSA) is 49.8 Å². The van der Waals surface area contributed by atoms with Crippen molar-refractivity contribution in [1.29, 1.82) is 0 Å². The first-order valence-electron chi connectivity index (χ1n) is 6.52. The predicted octanol–water partition coefficient (Wildman–Crippen LogP) is 2.54. The van der Waals surface area contributed by atoms with E-state index in [1.54, 1.807) is 0 Å². The van der Waals surface area contributed by atoms with Crippen molar-refractivity contribution in [3.63, 3.8) is 0 Å². The number of nitrogens with zero attached hydrogens (tertiary/aromatic N) is 2. The maximum absolute atomic E-state index is 4.49. The van der Waals surface area contributed by atoms with E-state index in [9.17, 15) is 0 Å². The SMILES string of the molecule is CCc1nc(NC)cc(NCC(C)C2CC2)n1. The van der Waals surface area contributed by atoms with Gasteiger partial charge in [-0.15, -0.1) is 0 Å². The third-order valence-corrected chi connectivity index (χ3v) is 3.38. The quantitative estimate of drug-likeness (QED) is 0.794. The van der Waals surface area contributed by atoms with Crippen molar-refractivity contribution >= 4 is 11.6 Å². The van der Waals surface area contributed by atoms with Crippen LogP contribution in [0.1, 0.15) is 32.5 Å². The molecule has 4 heteroatoms. The molecule has 0 aliphatic heterocycles. The molecule has 1 aromatic rings. The zero-order valence-corrected chi connectivity index (χ0v) is 11.0. The molecule has 2 rings (SSSR count). The van der Waals surface area contributed by atoms with Crippen LogP contribution in [0, 0.1) is 11.8 Å². The summed E-state index contributed by atoms with van der Waals surface area (Å²) in [4.78, 5) is 8.87. The van der Waals surface area contributed by atoms with Crippen molar-refractivity contribution in [2.24, 2.45) is 11.8 Å². The molecule has 0 bridgehead atoms. The van der Waals surface area contributed by atoms with Crippen LogP contribution >= 0.6 is 0 Å². The highest BCUT2D eigenvalue weighted by Gasteiger charge is 2.27. The fraction of sp³-hybridized carbons (Fsp3) is 0.692. The smallest absolute Gasteiger partial charge is 0.132 e. The Morgan fingerprint density at radius 2 is 2.06 bits per heavy atom. The number of rotatable bonds is 6. The van der Waals surface area contributed by atoms with E-state index in [-0.39, 0.29) is 0 Å². The Hall–Kier alpha value is -1.32. The monoisotopic (exact) mass is 234 g/mol. The molecular formula is C13H22N4. The fourth-order valence-electron chi connectivity index (χ4n) is 1.97. The molecule has 1 fully saturated rings. The molecule has 1 aliphatic rings. The maximum atomic E-state index is 4.49. The molecule has 1 aliphatic carbocycles. The van der Waals surface area contributed by atoms with Gasteiger partial charge < -0.3 is 10.6 Å². The van der Waals surface area contributed by atoms with Gasteiger partial charge in [0.2, 0.25) is 0 Å². The van der Waals surface area contributed by atoms with Gasteiger partial charge in [-0.25, -0.2) is 9.97 Å². The molecule has 0 saturated heterocycles. The minimum atomic E-state index is 0.744. The number of hydrogen-bond donors (Lipinski definition) is 2. The van der Waals surface area contributed by atoms with E-state index in [0.717, 1.165) is 42.3 Å². The summed E-state index contributed by atoms with van der Waals surface area (Å²) in [5.41, 5.74) is 0. The molecule has 0 spiro atoms. The summed E-state index contributed by atoms with van der Waals surface area (Å²) in [6, 6.07) is 1.97. The number of hydrogen-bond acceptors (Lipinski definition) is 4. The largest absolute Gasteiger partial charge is 0.373 e. The van der Waals surface area contributed by atoms with Crippen LogP contribution in [0.2, 0.25) is 0 Å². The number of anilines is 2. The minimum Gasteiger partial charge on any atom is -0.373 e. The van der Waals surface area contributed by atoms with Crippen molar-refractivity contribution < 1.29 is 0 Å². The van der Waals surface area contributed by atoms with Crippen molar-refractivity contribution in [2.45, 2.75) is 33.1 Å². The second-order valence-corrected chi connectivity index (χ2v) is 4.85. The fourth-order valence-corrected chi connectivity index (χ4v) is 1.97. The van der Waals surface area contributed by atoms with Gasteiger partial charge in [0.15, 0.2) is 0 Å². The van der Waals surface area contributed by atoms with Crippen LogP contribution in [-0.2, 0) is 6.42 Å². The molecule has 1 saturated carbocycles. The lowest BCUT2D eigenvalue weighted by molar-refractivity contribution is 0.536. The first kappa shape index (κ1) is 12.1. The molecule has 2 N–H and O–H groups in total. The van der Waals surface area contributed by atoms with Gasteiger partial charge in [-0.1, -0.05) is 13.8 Å². The molecule has 4 nitrogen and oxygen atoms in total. The molecule has 1 heterocycles. The van der Waals surface area contributed by atoms with Crippen molar-refractivity contribution in [3.8, 4) is 0 Å². The molecule has 0 aromatic carbocycles. The van der Waals surface area contributed by atoms with E-state index in [1.807, 2.05) is 13.1 Å². The Balaban J connectivity index is 1.98. The van der Waals surface area contributed by atoms with Gasteiger partial charge in [-0.2, -0.15) is 0 Å². The number of aryl methyl sites for hydroxylation is 1. The molecule has 1 atom stereocenters. The van der Waals surface area contributed by atoms with E-state index in [4.69, 9.17) is 0 Å². The Bertz CT molecular complexity index is 351. The van der Waals surface area contributed by atoms with Crippen LogP contribution < -0.4 is 10.6 Å². The van der Waals surface area contributed by atoms with Crippen LogP contribution in [0.3, 0.4) is 0 Å². The number of nitrogens with one attached hydrogen (secondary N) is 2. The van der Waals surface area contributed by atoms with Crippen molar-refractivity contribution in [2.75, 3.05) is 24.2 Å². The van der Waals surface area contributed by atoms with Crippen LogP contribution in [0.15, 0.2) is 6.07 Å². The summed E-state index contributed by atoms with van der Waals surface area (Å²) in [5.74, 6) is 4.39. The van der Waals surface area contributed by atoms with Crippen LogP contribution in [0.4, 0.5) is 11.6 Å². The highest BCUT2D eigenvalue weighted by Crippen LogP contribution is 2.36. The van der Waals surface area contributed by atoms with E-state index < -0.39 is 0 Å². The van der Waals surface area contributed by atoms with Crippen LogP contribution in [-0.4, -0.2) is 23.6 Å². The summed E-state index contributed by atoms with van der Waals surface area (Å²) < 4.78 is 0. The lowest BCUT2D eigenvalue weighted by atomic mass is 10.1. The average molecular weight is 234 g/mol. The third-order valence-electron chi connectivity index (χ3n) is 3.38. The van der Waals surface area contributed by atoms with Gasteiger partial charge in [-0.3, -0.25) is 0 Å². The van der Waals surface area contributed by atoms with Crippen LogP contribution in [0.25, 0.3) is 0 Å².